The van der Waals surface area contributed by atoms with Crippen LogP contribution in [0.2, 0.25) is 0 Å². The lowest BCUT2D eigenvalue weighted by Gasteiger charge is -2.57. The molecule has 0 radical (unpaired) electrons. The normalized spacial score (nSPS) is 46.2. The number of esters is 1. The second kappa shape index (κ2) is 7.64. The van der Waals surface area contributed by atoms with E-state index in [9.17, 15) is 4.79 Å². The monoisotopic (exact) mass is 428 g/mol. The lowest BCUT2D eigenvalue weighted by molar-refractivity contribution is -0.148. The summed E-state index contributed by atoms with van der Waals surface area (Å²) in [5.74, 6) is 3.89. The van der Waals surface area contributed by atoms with Crippen LogP contribution in [0.5, 0.6) is 0 Å². The van der Waals surface area contributed by atoms with E-state index in [0.29, 0.717) is 12.5 Å². The molecule has 0 unspecified atom stereocenters. The van der Waals surface area contributed by atoms with Gasteiger partial charge in [-0.3, -0.25) is 4.79 Å². The number of carbonyl (C=O) groups excluding carboxylic acids is 1. The molecule has 3 fully saturated rings. The molecule has 0 saturated heterocycles. The van der Waals surface area contributed by atoms with Crippen LogP contribution in [0.4, 0.5) is 0 Å². The summed E-state index contributed by atoms with van der Waals surface area (Å²) in [5, 5.41) is 0. The smallest absolute Gasteiger partial charge is 0.302 e. The zero-order chi connectivity index (χ0) is 22.0. The first-order chi connectivity index (χ1) is 14.8. The van der Waals surface area contributed by atoms with Gasteiger partial charge in [-0.15, -0.1) is 0 Å². The number of ether oxygens (including phenoxy) is 3. The van der Waals surface area contributed by atoms with Crippen LogP contribution < -0.4 is 0 Å². The van der Waals surface area contributed by atoms with E-state index in [1.54, 1.807) is 11.1 Å². The van der Waals surface area contributed by atoms with Crippen LogP contribution in [0.1, 0.15) is 86.0 Å². The van der Waals surface area contributed by atoms with Gasteiger partial charge in [-0.25, -0.2) is 0 Å². The highest BCUT2D eigenvalue weighted by molar-refractivity contribution is 5.66. The lowest BCUT2D eigenvalue weighted by atomic mass is 9.48. The molecule has 0 aromatic carbocycles. The molecule has 0 aromatic rings. The van der Waals surface area contributed by atoms with Crippen LogP contribution in [0, 0.1) is 34.5 Å². The van der Waals surface area contributed by atoms with Crippen LogP contribution in [-0.2, 0) is 19.0 Å². The van der Waals surface area contributed by atoms with E-state index in [1.807, 2.05) is 0 Å². The first kappa shape index (κ1) is 21.6. The van der Waals surface area contributed by atoms with Gasteiger partial charge in [0.25, 0.3) is 0 Å². The van der Waals surface area contributed by atoms with Crippen LogP contribution in [0.3, 0.4) is 0 Å². The van der Waals surface area contributed by atoms with Crippen molar-refractivity contribution in [2.45, 2.75) is 98.4 Å². The van der Waals surface area contributed by atoms with Gasteiger partial charge >= 0.3 is 5.97 Å². The van der Waals surface area contributed by atoms with Gasteiger partial charge in [0.15, 0.2) is 6.29 Å². The minimum atomic E-state index is -0.138. The molecule has 5 aliphatic rings. The molecule has 1 heterocycles. The minimum Gasteiger partial charge on any atom is -0.470 e. The van der Waals surface area contributed by atoms with Crippen molar-refractivity contribution in [1.82, 2.24) is 0 Å². The third-order valence-corrected chi connectivity index (χ3v) is 9.86. The van der Waals surface area contributed by atoms with Crippen molar-refractivity contribution in [2.24, 2.45) is 34.5 Å². The van der Waals surface area contributed by atoms with Crippen molar-refractivity contribution in [3.8, 4) is 0 Å². The number of hydrogen-bond donors (Lipinski definition) is 0. The molecule has 31 heavy (non-hydrogen) atoms. The zero-order valence-electron chi connectivity index (χ0n) is 20.0. The van der Waals surface area contributed by atoms with Crippen molar-refractivity contribution in [3.63, 3.8) is 0 Å². The Morgan fingerprint density at radius 1 is 1.16 bits per heavy atom. The Morgan fingerprint density at radius 2 is 1.94 bits per heavy atom. The predicted molar refractivity (Wildman–Crippen MR) is 120 cm³/mol. The van der Waals surface area contributed by atoms with E-state index in [4.69, 9.17) is 14.2 Å². The molecule has 0 amide bonds. The standard InChI is InChI=1S/C27H40O4/c1-6-29-24-14-18-13-23-21-8-7-19-15-20(31-17(3)28)9-11-26(19,4)22(21)10-12-27(23,5)25(18)16(2)30-24/h7,18,20-24H,6,8-15H2,1-5H3/t18-,20+,21+,22-,23-,24-,26-,27-/m0/s1. The van der Waals surface area contributed by atoms with E-state index < -0.39 is 0 Å². The molecule has 4 nitrogen and oxygen atoms in total. The van der Waals surface area contributed by atoms with Gasteiger partial charge in [-0.1, -0.05) is 25.5 Å². The first-order valence-corrected chi connectivity index (χ1v) is 12.6. The third-order valence-electron chi connectivity index (χ3n) is 9.86. The topological polar surface area (TPSA) is 44.8 Å². The summed E-state index contributed by atoms with van der Waals surface area (Å²) in [6.07, 6.45) is 11.8. The fourth-order valence-electron chi connectivity index (χ4n) is 8.68. The third kappa shape index (κ3) is 3.31. The summed E-state index contributed by atoms with van der Waals surface area (Å²) in [6.45, 7) is 11.5. The van der Waals surface area contributed by atoms with Crippen LogP contribution in [-0.4, -0.2) is 25.0 Å². The Hall–Kier alpha value is -1.29. The Balaban J connectivity index is 1.41. The van der Waals surface area contributed by atoms with Crippen LogP contribution in [0.25, 0.3) is 0 Å². The number of allylic oxidation sites excluding steroid dienone is 3. The summed E-state index contributed by atoms with van der Waals surface area (Å²) >= 11 is 0. The van der Waals surface area contributed by atoms with Gasteiger partial charge in [0.2, 0.25) is 0 Å². The fourth-order valence-corrected chi connectivity index (χ4v) is 8.68. The molecule has 4 aliphatic carbocycles. The van der Waals surface area contributed by atoms with Crippen molar-refractivity contribution < 1.29 is 19.0 Å². The maximum atomic E-state index is 11.5. The molecule has 5 rings (SSSR count). The summed E-state index contributed by atoms with van der Waals surface area (Å²) in [6, 6.07) is 0. The molecule has 4 heteroatoms. The molecule has 0 bridgehead atoms. The Bertz CT molecular complexity index is 812. The average Bonchev–Trinajstić information content (AvgIpc) is 3.01. The van der Waals surface area contributed by atoms with Gasteiger partial charge in [-0.2, -0.15) is 0 Å². The molecular formula is C27H40O4. The van der Waals surface area contributed by atoms with Gasteiger partial charge < -0.3 is 14.2 Å². The van der Waals surface area contributed by atoms with Gasteiger partial charge in [0.1, 0.15) is 6.10 Å². The molecule has 1 aliphatic heterocycles. The molecule has 0 aromatic heterocycles. The predicted octanol–water partition coefficient (Wildman–Crippen LogP) is 6.16. The number of fused-ring (bicyclic) bond motifs is 7. The largest absolute Gasteiger partial charge is 0.470 e. The minimum absolute atomic E-state index is 0.0646. The summed E-state index contributed by atoms with van der Waals surface area (Å²) in [7, 11) is 0. The summed E-state index contributed by atoms with van der Waals surface area (Å²) in [5.41, 5.74) is 3.75. The molecule has 3 saturated carbocycles. The highest BCUT2D eigenvalue weighted by Crippen LogP contribution is 2.68. The Kier molecular flexibility index (Phi) is 5.31. The van der Waals surface area contributed by atoms with Gasteiger partial charge in [-0.05, 0) is 92.4 Å². The van der Waals surface area contributed by atoms with E-state index >= 15 is 0 Å². The second-order valence-electron chi connectivity index (χ2n) is 11.3. The molecular weight excluding hydrogens is 388 g/mol. The van der Waals surface area contributed by atoms with E-state index in [1.165, 1.54) is 32.6 Å². The van der Waals surface area contributed by atoms with E-state index in [-0.39, 0.29) is 29.2 Å². The second-order valence-corrected chi connectivity index (χ2v) is 11.3. The highest BCUT2D eigenvalue weighted by Gasteiger charge is 2.60. The van der Waals surface area contributed by atoms with E-state index in [0.717, 1.165) is 49.2 Å². The quantitative estimate of drug-likeness (QED) is 0.399. The Labute approximate surface area is 187 Å². The first-order valence-electron chi connectivity index (χ1n) is 12.6. The fraction of sp³-hybridized carbons (Fsp3) is 0.815. The SMILES string of the molecule is CCO[C@@H]1C[C@@H]2C[C@H]3[C@@H]4CC=C5C[C@H](OC(C)=O)CC[C@]5(C)[C@H]4CC[C@]3(C)C2=C(C)O1. The van der Waals surface area contributed by atoms with Gasteiger partial charge in [0.05, 0.1) is 5.76 Å². The van der Waals surface area contributed by atoms with Crippen molar-refractivity contribution in [1.29, 1.82) is 0 Å². The van der Waals surface area contributed by atoms with Gasteiger partial charge in [0, 0.05) is 26.4 Å². The average molecular weight is 429 g/mol. The molecule has 8 atom stereocenters. The lowest BCUT2D eigenvalue weighted by Crippen LogP contribution is -2.49. The van der Waals surface area contributed by atoms with Crippen molar-refractivity contribution in [3.05, 3.63) is 23.0 Å². The van der Waals surface area contributed by atoms with Crippen LogP contribution >= 0.6 is 0 Å². The number of hydrogen-bond acceptors (Lipinski definition) is 4. The van der Waals surface area contributed by atoms with E-state index in [2.05, 4.69) is 33.8 Å². The molecule has 0 N–H and O–H groups in total. The molecule has 172 valence electrons. The van der Waals surface area contributed by atoms with Crippen molar-refractivity contribution in [2.75, 3.05) is 6.61 Å². The van der Waals surface area contributed by atoms with Crippen LogP contribution in [0.15, 0.2) is 23.0 Å². The Morgan fingerprint density at radius 3 is 2.68 bits per heavy atom. The zero-order valence-corrected chi connectivity index (χ0v) is 20.0. The maximum absolute atomic E-state index is 11.5. The highest BCUT2D eigenvalue weighted by atomic mass is 16.7. The summed E-state index contributed by atoms with van der Waals surface area (Å²) < 4.78 is 17.7. The number of rotatable bonds is 3. The van der Waals surface area contributed by atoms with Crippen molar-refractivity contribution >= 4 is 5.97 Å². The maximum Gasteiger partial charge on any atom is 0.302 e. The number of carbonyl (C=O) groups is 1. The molecule has 0 spiro atoms. The summed E-state index contributed by atoms with van der Waals surface area (Å²) in [4.78, 5) is 11.5.